The summed E-state index contributed by atoms with van der Waals surface area (Å²) in [6.45, 7) is 1.82. The molecule has 0 N–H and O–H groups in total. The third-order valence-electron chi connectivity index (χ3n) is 5.43. The lowest BCUT2D eigenvalue weighted by Crippen LogP contribution is -2.38. The summed E-state index contributed by atoms with van der Waals surface area (Å²) in [5.41, 5.74) is 3.15. The molecule has 6 nitrogen and oxygen atoms in total. The number of piperidine rings is 1. The van der Waals surface area contributed by atoms with E-state index in [0.29, 0.717) is 0 Å². The smallest absolute Gasteiger partial charge is 0.176 e. The SMILES string of the molecule is c1ccc(C(OC2CCN(c3ccc4ncnn4n3)CC2)c2ccccc2)cc1. The summed E-state index contributed by atoms with van der Waals surface area (Å²) in [5, 5.41) is 8.71. The standard InChI is InChI=1S/C23H23N5O/c1-3-7-18(8-4-1)23(19-9-5-2-6-10-19)29-20-13-15-27(16-14-20)22-12-11-21-24-17-25-28(21)26-22/h1-12,17,20,23H,13-16H2. The van der Waals surface area contributed by atoms with Crippen molar-refractivity contribution in [2.75, 3.05) is 18.0 Å². The highest BCUT2D eigenvalue weighted by Crippen LogP contribution is 2.30. The van der Waals surface area contributed by atoms with Crippen molar-refractivity contribution >= 4 is 11.5 Å². The number of nitrogens with zero attached hydrogens (tertiary/aromatic N) is 5. The fourth-order valence-electron chi connectivity index (χ4n) is 3.90. The van der Waals surface area contributed by atoms with Crippen molar-refractivity contribution in [2.45, 2.75) is 25.0 Å². The number of aromatic nitrogens is 4. The highest BCUT2D eigenvalue weighted by Gasteiger charge is 2.25. The summed E-state index contributed by atoms with van der Waals surface area (Å²) in [7, 11) is 0. The van der Waals surface area contributed by atoms with E-state index >= 15 is 0 Å². The van der Waals surface area contributed by atoms with Gasteiger partial charge in [-0.15, -0.1) is 14.8 Å². The average Bonchev–Trinajstić information content (AvgIpc) is 3.27. The second-order valence-electron chi connectivity index (χ2n) is 7.32. The lowest BCUT2D eigenvalue weighted by molar-refractivity contribution is -0.00488. The van der Waals surface area contributed by atoms with Crippen molar-refractivity contribution in [1.29, 1.82) is 0 Å². The van der Waals surface area contributed by atoms with Crippen LogP contribution in [0.4, 0.5) is 5.82 Å². The molecule has 2 aromatic heterocycles. The van der Waals surface area contributed by atoms with Crippen LogP contribution in [0.25, 0.3) is 5.65 Å². The van der Waals surface area contributed by atoms with Crippen molar-refractivity contribution < 1.29 is 4.74 Å². The fourth-order valence-corrected chi connectivity index (χ4v) is 3.90. The topological polar surface area (TPSA) is 55.5 Å². The Balaban J connectivity index is 1.29. The highest BCUT2D eigenvalue weighted by molar-refractivity contribution is 5.45. The van der Waals surface area contributed by atoms with Gasteiger partial charge in [0.15, 0.2) is 11.5 Å². The van der Waals surface area contributed by atoms with E-state index in [2.05, 4.69) is 68.6 Å². The first-order valence-electron chi connectivity index (χ1n) is 10.0. The molecule has 6 heteroatoms. The second-order valence-corrected chi connectivity index (χ2v) is 7.32. The van der Waals surface area contributed by atoms with Crippen LogP contribution in [0.3, 0.4) is 0 Å². The van der Waals surface area contributed by atoms with Crippen LogP contribution in [0.2, 0.25) is 0 Å². The van der Waals surface area contributed by atoms with Gasteiger partial charge in [-0.2, -0.15) is 0 Å². The largest absolute Gasteiger partial charge is 0.365 e. The van der Waals surface area contributed by atoms with E-state index < -0.39 is 0 Å². The van der Waals surface area contributed by atoms with Gasteiger partial charge in [-0.3, -0.25) is 0 Å². The number of hydrogen-bond acceptors (Lipinski definition) is 5. The van der Waals surface area contributed by atoms with Crippen molar-refractivity contribution in [3.63, 3.8) is 0 Å². The first-order valence-corrected chi connectivity index (χ1v) is 10.0. The van der Waals surface area contributed by atoms with E-state index in [1.165, 1.54) is 17.5 Å². The van der Waals surface area contributed by atoms with Crippen LogP contribution in [-0.2, 0) is 4.74 Å². The van der Waals surface area contributed by atoms with Gasteiger partial charge in [0.05, 0.1) is 6.10 Å². The van der Waals surface area contributed by atoms with Crippen molar-refractivity contribution in [3.8, 4) is 0 Å². The van der Waals surface area contributed by atoms with Gasteiger partial charge in [-0.05, 0) is 36.1 Å². The van der Waals surface area contributed by atoms with Gasteiger partial charge in [0.2, 0.25) is 0 Å². The van der Waals surface area contributed by atoms with E-state index in [-0.39, 0.29) is 12.2 Å². The molecule has 0 amide bonds. The fraction of sp³-hybridized carbons (Fsp3) is 0.261. The number of hydrogen-bond donors (Lipinski definition) is 0. The lowest BCUT2D eigenvalue weighted by atomic mass is 10.00. The van der Waals surface area contributed by atoms with Crippen LogP contribution < -0.4 is 4.90 Å². The van der Waals surface area contributed by atoms with Gasteiger partial charge < -0.3 is 9.64 Å². The normalized spacial score (nSPS) is 15.3. The average molecular weight is 385 g/mol. The number of benzene rings is 2. The van der Waals surface area contributed by atoms with Crippen LogP contribution in [0.5, 0.6) is 0 Å². The molecule has 2 aromatic carbocycles. The van der Waals surface area contributed by atoms with Gasteiger partial charge in [0.25, 0.3) is 0 Å². The van der Waals surface area contributed by atoms with E-state index in [1.54, 1.807) is 4.63 Å². The molecule has 29 heavy (non-hydrogen) atoms. The minimum atomic E-state index is -0.0430. The van der Waals surface area contributed by atoms with Crippen molar-refractivity contribution in [1.82, 2.24) is 19.8 Å². The Hall–Kier alpha value is -3.25. The van der Waals surface area contributed by atoms with Gasteiger partial charge in [0, 0.05) is 13.1 Å². The third-order valence-corrected chi connectivity index (χ3v) is 5.43. The van der Waals surface area contributed by atoms with Gasteiger partial charge in [-0.25, -0.2) is 4.98 Å². The summed E-state index contributed by atoms with van der Waals surface area (Å²) in [6, 6.07) is 24.9. The first kappa shape index (κ1) is 17.8. The van der Waals surface area contributed by atoms with Gasteiger partial charge in [-0.1, -0.05) is 60.7 Å². The Morgan fingerprint density at radius 2 is 1.48 bits per heavy atom. The molecule has 4 aromatic rings. The van der Waals surface area contributed by atoms with E-state index in [4.69, 9.17) is 4.74 Å². The number of rotatable bonds is 5. The Kier molecular flexibility index (Phi) is 4.92. The Bertz CT molecular complexity index is 1020. The van der Waals surface area contributed by atoms with Crippen LogP contribution >= 0.6 is 0 Å². The molecule has 1 fully saturated rings. The first-order chi connectivity index (χ1) is 14.4. The minimum Gasteiger partial charge on any atom is -0.365 e. The maximum absolute atomic E-state index is 6.63. The Morgan fingerprint density at radius 3 is 2.14 bits per heavy atom. The predicted octanol–water partition coefficient (Wildman–Crippen LogP) is 3.90. The van der Waals surface area contributed by atoms with Gasteiger partial charge >= 0.3 is 0 Å². The zero-order valence-corrected chi connectivity index (χ0v) is 16.1. The van der Waals surface area contributed by atoms with Crippen molar-refractivity contribution in [3.05, 3.63) is 90.3 Å². The number of ether oxygens (including phenoxy) is 1. The molecule has 3 heterocycles. The summed E-state index contributed by atoms with van der Waals surface area (Å²) in [6.07, 6.45) is 3.63. The molecule has 0 atom stereocenters. The molecule has 0 bridgehead atoms. The zero-order chi connectivity index (χ0) is 19.5. The van der Waals surface area contributed by atoms with E-state index in [1.807, 2.05) is 24.3 Å². The quantitative estimate of drug-likeness (QED) is 0.522. The zero-order valence-electron chi connectivity index (χ0n) is 16.1. The number of anilines is 1. The summed E-state index contributed by atoms with van der Waals surface area (Å²) < 4.78 is 8.21. The molecule has 0 saturated carbocycles. The maximum Gasteiger partial charge on any atom is 0.176 e. The molecule has 0 radical (unpaired) electrons. The molecule has 1 aliphatic heterocycles. The van der Waals surface area contributed by atoms with Crippen molar-refractivity contribution in [2.24, 2.45) is 0 Å². The molecule has 0 unspecified atom stereocenters. The van der Waals surface area contributed by atoms with Gasteiger partial charge in [0.1, 0.15) is 12.4 Å². The van der Waals surface area contributed by atoms with E-state index in [9.17, 15) is 0 Å². The molecule has 5 rings (SSSR count). The molecule has 0 spiro atoms. The lowest BCUT2D eigenvalue weighted by Gasteiger charge is -2.34. The molecule has 0 aliphatic carbocycles. The molecular weight excluding hydrogens is 362 g/mol. The highest BCUT2D eigenvalue weighted by atomic mass is 16.5. The molecule has 1 saturated heterocycles. The second kappa shape index (κ2) is 8.01. The van der Waals surface area contributed by atoms with Crippen LogP contribution in [0.1, 0.15) is 30.1 Å². The van der Waals surface area contributed by atoms with Crippen LogP contribution in [0.15, 0.2) is 79.1 Å². The number of fused-ring (bicyclic) bond motifs is 1. The van der Waals surface area contributed by atoms with Crippen LogP contribution in [0, 0.1) is 0 Å². The maximum atomic E-state index is 6.63. The van der Waals surface area contributed by atoms with E-state index in [0.717, 1.165) is 37.4 Å². The summed E-state index contributed by atoms with van der Waals surface area (Å²) >= 11 is 0. The minimum absolute atomic E-state index is 0.0430. The summed E-state index contributed by atoms with van der Waals surface area (Å²) in [5.74, 6) is 0.934. The molecule has 146 valence electrons. The Morgan fingerprint density at radius 1 is 0.828 bits per heavy atom. The molecule has 1 aliphatic rings. The summed E-state index contributed by atoms with van der Waals surface area (Å²) in [4.78, 5) is 6.45. The molecular formula is C23H23N5O. The van der Waals surface area contributed by atoms with Crippen LogP contribution in [-0.4, -0.2) is 39.0 Å². The monoisotopic (exact) mass is 385 g/mol. The predicted molar refractivity (Wildman–Crippen MR) is 112 cm³/mol. The third kappa shape index (κ3) is 3.84. The Labute approximate surface area is 169 Å².